The van der Waals surface area contributed by atoms with E-state index in [9.17, 15) is 17.6 Å². The van der Waals surface area contributed by atoms with Gasteiger partial charge < -0.3 is 10.6 Å². The van der Waals surface area contributed by atoms with Crippen molar-refractivity contribution in [3.63, 3.8) is 0 Å². The lowest BCUT2D eigenvalue weighted by Gasteiger charge is -2.39. The largest absolute Gasteiger partial charge is 0.334 e. The quantitative estimate of drug-likeness (QED) is 0.850. The summed E-state index contributed by atoms with van der Waals surface area (Å²) in [5.41, 5.74) is 5.84. The highest BCUT2D eigenvalue weighted by Crippen LogP contribution is 2.25. The maximum Gasteiger partial charge on any atom is 0.254 e. The average Bonchev–Trinajstić information content (AvgIpc) is 2.44. The summed E-state index contributed by atoms with van der Waals surface area (Å²) in [6.07, 6.45) is 1.85. The minimum Gasteiger partial charge on any atom is -0.334 e. The van der Waals surface area contributed by atoms with Crippen LogP contribution in [0.2, 0.25) is 0 Å². The monoisotopic (exact) mass is 329 g/mol. The molecule has 1 amide bonds. The van der Waals surface area contributed by atoms with Gasteiger partial charge >= 0.3 is 0 Å². The SMILES string of the molecule is CC1CCCN(C(=O)c2ccc(S(N)(=O)=O)c(F)c2)C1CN. The molecule has 0 bridgehead atoms. The number of halogens is 1. The number of benzene rings is 1. The molecule has 0 aliphatic carbocycles. The molecule has 122 valence electrons. The molecule has 2 rings (SSSR count). The molecule has 1 heterocycles. The number of amides is 1. The molecule has 6 nitrogen and oxygen atoms in total. The van der Waals surface area contributed by atoms with Crippen LogP contribution in [0.15, 0.2) is 23.1 Å². The van der Waals surface area contributed by atoms with E-state index in [0.717, 1.165) is 25.0 Å². The van der Waals surface area contributed by atoms with E-state index >= 15 is 0 Å². The number of carbonyl (C=O) groups excluding carboxylic acids is 1. The lowest BCUT2D eigenvalue weighted by atomic mass is 9.90. The highest BCUT2D eigenvalue weighted by Gasteiger charge is 2.31. The molecule has 4 N–H and O–H groups in total. The molecular formula is C14H20FN3O3S. The lowest BCUT2D eigenvalue weighted by molar-refractivity contribution is 0.0532. The van der Waals surface area contributed by atoms with Gasteiger partial charge in [0.1, 0.15) is 10.7 Å². The van der Waals surface area contributed by atoms with Gasteiger partial charge in [-0.1, -0.05) is 6.92 Å². The van der Waals surface area contributed by atoms with E-state index in [1.54, 1.807) is 4.90 Å². The van der Waals surface area contributed by atoms with Crippen molar-refractivity contribution in [2.24, 2.45) is 16.8 Å². The fourth-order valence-corrected chi connectivity index (χ4v) is 3.48. The Morgan fingerprint density at radius 2 is 2.14 bits per heavy atom. The van der Waals surface area contributed by atoms with Crippen LogP contribution in [0.3, 0.4) is 0 Å². The third kappa shape index (κ3) is 3.29. The zero-order chi connectivity index (χ0) is 16.5. The lowest BCUT2D eigenvalue weighted by Crippen LogP contribution is -2.51. The summed E-state index contributed by atoms with van der Waals surface area (Å²) < 4.78 is 36.3. The van der Waals surface area contributed by atoms with Crippen molar-refractivity contribution in [3.05, 3.63) is 29.6 Å². The Hall–Kier alpha value is -1.51. The molecule has 1 aliphatic heterocycles. The Balaban J connectivity index is 2.31. The molecule has 8 heteroatoms. The molecule has 1 aromatic rings. The van der Waals surface area contributed by atoms with Crippen LogP contribution in [0, 0.1) is 11.7 Å². The van der Waals surface area contributed by atoms with E-state index < -0.39 is 20.7 Å². The van der Waals surface area contributed by atoms with Crippen molar-refractivity contribution in [2.75, 3.05) is 13.1 Å². The van der Waals surface area contributed by atoms with Gasteiger partial charge in [-0.3, -0.25) is 4.79 Å². The second-order valence-electron chi connectivity index (χ2n) is 5.61. The number of rotatable bonds is 3. The molecule has 22 heavy (non-hydrogen) atoms. The number of hydrogen-bond donors (Lipinski definition) is 2. The fourth-order valence-electron chi connectivity index (χ4n) is 2.89. The van der Waals surface area contributed by atoms with Crippen LogP contribution >= 0.6 is 0 Å². The Morgan fingerprint density at radius 1 is 1.45 bits per heavy atom. The molecular weight excluding hydrogens is 309 g/mol. The molecule has 1 aromatic carbocycles. The standard InChI is InChI=1S/C14H20FN3O3S/c1-9-3-2-6-18(12(9)8-16)14(19)10-4-5-13(11(15)7-10)22(17,20)21/h4-5,7,9,12H,2-3,6,8,16H2,1H3,(H2,17,20,21). The fraction of sp³-hybridized carbons (Fsp3) is 0.500. The summed E-state index contributed by atoms with van der Waals surface area (Å²) in [5, 5.41) is 4.91. The van der Waals surface area contributed by atoms with Crippen molar-refractivity contribution in [2.45, 2.75) is 30.7 Å². The number of nitrogens with zero attached hydrogens (tertiary/aromatic N) is 1. The number of piperidine rings is 1. The number of likely N-dealkylation sites (tertiary alicyclic amines) is 1. The summed E-state index contributed by atoms with van der Waals surface area (Å²) >= 11 is 0. The van der Waals surface area contributed by atoms with E-state index in [4.69, 9.17) is 10.9 Å². The Kier molecular flexibility index (Phi) is 4.84. The van der Waals surface area contributed by atoms with Crippen molar-refractivity contribution in [1.82, 2.24) is 4.90 Å². The van der Waals surface area contributed by atoms with Crippen LogP contribution < -0.4 is 10.9 Å². The first-order valence-corrected chi connectivity index (χ1v) is 8.63. The van der Waals surface area contributed by atoms with Gasteiger partial charge in [-0.25, -0.2) is 17.9 Å². The van der Waals surface area contributed by atoms with Gasteiger partial charge in [0.2, 0.25) is 10.0 Å². The summed E-state index contributed by atoms with van der Waals surface area (Å²) in [4.78, 5) is 13.6. The summed E-state index contributed by atoms with van der Waals surface area (Å²) in [6.45, 7) is 2.93. The van der Waals surface area contributed by atoms with Gasteiger partial charge in [-0.05, 0) is 37.0 Å². The summed E-state index contributed by atoms with van der Waals surface area (Å²) in [7, 11) is -4.14. The number of sulfonamides is 1. The molecule has 2 atom stereocenters. The first kappa shape index (κ1) is 16.9. The highest BCUT2D eigenvalue weighted by molar-refractivity contribution is 7.89. The second-order valence-corrected chi connectivity index (χ2v) is 7.14. The average molecular weight is 329 g/mol. The zero-order valence-corrected chi connectivity index (χ0v) is 13.1. The van der Waals surface area contributed by atoms with Crippen molar-refractivity contribution < 1.29 is 17.6 Å². The van der Waals surface area contributed by atoms with Gasteiger partial charge in [0, 0.05) is 24.7 Å². The van der Waals surface area contributed by atoms with E-state index in [-0.39, 0.29) is 23.4 Å². The van der Waals surface area contributed by atoms with E-state index in [2.05, 4.69) is 0 Å². The molecule has 1 fully saturated rings. The summed E-state index contributed by atoms with van der Waals surface area (Å²) in [6, 6.07) is 3.11. The Bertz CT molecular complexity index is 678. The van der Waals surface area contributed by atoms with Crippen LogP contribution in [-0.4, -0.2) is 38.4 Å². The van der Waals surface area contributed by atoms with Crippen molar-refractivity contribution in [1.29, 1.82) is 0 Å². The molecule has 1 aliphatic rings. The van der Waals surface area contributed by atoms with E-state index in [1.165, 1.54) is 6.07 Å². The molecule has 1 saturated heterocycles. The normalized spacial score (nSPS) is 22.6. The van der Waals surface area contributed by atoms with Gasteiger partial charge in [0.05, 0.1) is 0 Å². The molecule has 0 radical (unpaired) electrons. The molecule has 0 saturated carbocycles. The van der Waals surface area contributed by atoms with Crippen LogP contribution in [0.25, 0.3) is 0 Å². The van der Waals surface area contributed by atoms with E-state index in [0.29, 0.717) is 13.1 Å². The minimum atomic E-state index is -4.14. The first-order valence-electron chi connectivity index (χ1n) is 7.09. The van der Waals surface area contributed by atoms with E-state index in [1.807, 2.05) is 6.92 Å². The topological polar surface area (TPSA) is 106 Å². The third-order valence-electron chi connectivity index (χ3n) is 4.10. The predicted molar refractivity (Wildman–Crippen MR) is 80.1 cm³/mol. The molecule has 2 unspecified atom stereocenters. The molecule has 0 aromatic heterocycles. The Morgan fingerprint density at radius 3 is 2.68 bits per heavy atom. The van der Waals surface area contributed by atoms with Gasteiger partial charge in [-0.2, -0.15) is 0 Å². The number of primary sulfonamides is 1. The highest BCUT2D eigenvalue weighted by atomic mass is 32.2. The third-order valence-corrected chi connectivity index (χ3v) is 5.05. The van der Waals surface area contributed by atoms with Crippen LogP contribution in [-0.2, 0) is 10.0 Å². The maximum atomic E-state index is 13.9. The Labute approximate surface area is 129 Å². The molecule has 0 spiro atoms. The second kappa shape index (κ2) is 6.31. The first-order chi connectivity index (χ1) is 10.3. The zero-order valence-electron chi connectivity index (χ0n) is 12.3. The van der Waals surface area contributed by atoms with Crippen molar-refractivity contribution in [3.8, 4) is 0 Å². The van der Waals surface area contributed by atoms with Crippen LogP contribution in [0.1, 0.15) is 30.1 Å². The van der Waals surface area contributed by atoms with Gasteiger partial charge in [0.15, 0.2) is 0 Å². The maximum absolute atomic E-state index is 13.9. The number of nitrogens with two attached hydrogens (primary N) is 2. The predicted octanol–water partition coefficient (Wildman–Crippen LogP) is 0.672. The summed E-state index contributed by atoms with van der Waals surface area (Å²) in [5.74, 6) is -1.10. The minimum absolute atomic E-state index is 0.0949. The van der Waals surface area contributed by atoms with Gasteiger partial charge in [0.25, 0.3) is 5.91 Å². The smallest absolute Gasteiger partial charge is 0.254 e. The number of hydrogen-bond acceptors (Lipinski definition) is 4. The van der Waals surface area contributed by atoms with Crippen molar-refractivity contribution >= 4 is 15.9 Å². The number of carbonyl (C=O) groups is 1. The van der Waals surface area contributed by atoms with Crippen LogP contribution in [0.4, 0.5) is 4.39 Å². The van der Waals surface area contributed by atoms with Gasteiger partial charge in [-0.15, -0.1) is 0 Å². The van der Waals surface area contributed by atoms with Crippen LogP contribution in [0.5, 0.6) is 0 Å².